The Kier molecular flexibility index (Phi) is 5.65. The Bertz CT molecular complexity index is 844. The van der Waals surface area contributed by atoms with E-state index in [2.05, 4.69) is 10.3 Å². The van der Waals surface area contributed by atoms with Crippen molar-refractivity contribution < 1.29 is 18.0 Å². The first-order valence-corrected chi connectivity index (χ1v) is 8.63. The van der Waals surface area contributed by atoms with Crippen molar-refractivity contribution >= 4 is 17.4 Å². The number of hydrogen-bond donors (Lipinski definition) is 1. The van der Waals surface area contributed by atoms with Crippen molar-refractivity contribution in [3.8, 4) is 11.1 Å². The number of pyridine rings is 1. The van der Waals surface area contributed by atoms with Gasteiger partial charge in [0.15, 0.2) is 5.82 Å². The number of likely N-dealkylation sites (N-methyl/N-ethyl adjacent to an activating group) is 1. The molecule has 0 unspecified atom stereocenters. The van der Waals surface area contributed by atoms with Gasteiger partial charge in [0, 0.05) is 23.9 Å². The molecule has 0 radical (unpaired) electrons. The van der Waals surface area contributed by atoms with Crippen molar-refractivity contribution in [2.75, 3.05) is 43.9 Å². The first-order chi connectivity index (χ1) is 12.8. The maximum absolute atomic E-state index is 14.4. The van der Waals surface area contributed by atoms with Gasteiger partial charge in [-0.15, -0.1) is 0 Å². The largest absolute Gasteiger partial charge is 0.352 e. The van der Waals surface area contributed by atoms with E-state index < -0.39 is 17.8 Å². The lowest BCUT2D eigenvalue weighted by Crippen LogP contribution is -2.29. The quantitative estimate of drug-likeness (QED) is 0.869. The van der Waals surface area contributed by atoms with Crippen molar-refractivity contribution in [1.29, 1.82) is 0 Å². The Morgan fingerprint density at radius 1 is 1.30 bits per heavy atom. The summed E-state index contributed by atoms with van der Waals surface area (Å²) in [6.45, 7) is 0.670. The Labute approximate surface area is 155 Å². The summed E-state index contributed by atoms with van der Waals surface area (Å²) in [5.41, 5.74) is 0.559. The second-order valence-electron chi connectivity index (χ2n) is 6.80. The normalized spacial score (nSPS) is 16.8. The van der Waals surface area contributed by atoms with Gasteiger partial charge in [0.2, 0.25) is 5.91 Å². The third-order valence-electron chi connectivity index (χ3n) is 4.30. The molecule has 1 aliphatic heterocycles. The summed E-state index contributed by atoms with van der Waals surface area (Å²) in [5, 5.41) is 2.75. The minimum absolute atomic E-state index is 0.00907. The second kappa shape index (κ2) is 7.96. The summed E-state index contributed by atoms with van der Waals surface area (Å²) in [6.07, 6.45) is 0.805. The predicted octanol–water partition coefficient (Wildman–Crippen LogP) is 3.08. The highest BCUT2D eigenvalue weighted by molar-refractivity contribution is 6.00. The van der Waals surface area contributed by atoms with Crippen LogP contribution in [0.15, 0.2) is 30.5 Å². The van der Waals surface area contributed by atoms with E-state index in [-0.39, 0.29) is 30.2 Å². The molecule has 0 saturated carbocycles. The van der Waals surface area contributed by atoms with Crippen LogP contribution in [0.4, 0.5) is 24.7 Å². The summed E-state index contributed by atoms with van der Waals surface area (Å²) < 4.78 is 41.8. The van der Waals surface area contributed by atoms with Crippen LogP contribution in [-0.4, -0.2) is 55.7 Å². The predicted molar refractivity (Wildman–Crippen MR) is 98.5 cm³/mol. The standard InChI is InChI=1S/C19H21F3N4O/c1-25(2)11-17(27)24-18-14(15-9-12(20)3-4-16(15)22)5-7-23-19(18)26-8-6-13(21)10-26/h3-5,7,9,13H,6,8,10-11H2,1-2H3,(H,24,27)/t13-/m0/s1. The number of amides is 1. The van der Waals surface area contributed by atoms with Crippen LogP contribution in [0, 0.1) is 11.6 Å². The molecule has 2 aromatic rings. The van der Waals surface area contributed by atoms with Crippen molar-refractivity contribution in [1.82, 2.24) is 9.88 Å². The van der Waals surface area contributed by atoms with Crippen LogP contribution >= 0.6 is 0 Å². The van der Waals surface area contributed by atoms with Crippen LogP contribution in [0.1, 0.15) is 6.42 Å². The molecule has 144 valence electrons. The van der Waals surface area contributed by atoms with Gasteiger partial charge in [-0.3, -0.25) is 4.79 Å². The highest BCUT2D eigenvalue weighted by atomic mass is 19.1. The number of anilines is 2. The molecule has 1 aromatic carbocycles. The third-order valence-corrected chi connectivity index (χ3v) is 4.30. The lowest BCUT2D eigenvalue weighted by molar-refractivity contribution is -0.116. The van der Waals surface area contributed by atoms with Crippen LogP contribution in [0.5, 0.6) is 0 Å². The van der Waals surface area contributed by atoms with Gasteiger partial charge in [-0.25, -0.2) is 18.2 Å². The van der Waals surface area contributed by atoms with E-state index in [1.165, 1.54) is 12.3 Å². The zero-order valence-electron chi connectivity index (χ0n) is 15.2. The van der Waals surface area contributed by atoms with Gasteiger partial charge in [0.05, 0.1) is 18.8 Å². The van der Waals surface area contributed by atoms with Crippen molar-refractivity contribution in [3.05, 3.63) is 42.1 Å². The number of nitrogens with zero attached hydrogens (tertiary/aromatic N) is 3. The molecule has 1 aromatic heterocycles. The summed E-state index contributed by atoms with van der Waals surface area (Å²) in [4.78, 5) is 20.0. The molecule has 0 spiro atoms. The molecule has 27 heavy (non-hydrogen) atoms. The highest BCUT2D eigenvalue weighted by Gasteiger charge is 2.27. The van der Waals surface area contributed by atoms with E-state index in [1.807, 2.05) is 0 Å². The van der Waals surface area contributed by atoms with Crippen LogP contribution < -0.4 is 10.2 Å². The Balaban J connectivity index is 2.09. The molecule has 1 saturated heterocycles. The molecule has 1 amide bonds. The number of alkyl halides is 1. The van der Waals surface area contributed by atoms with E-state index in [0.717, 1.165) is 18.2 Å². The van der Waals surface area contributed by atoms with Gasteiger partial charge in [0.25, 0.3) is 0 Å². The third kappa shape index (κ3) is 4.39. The first-order valence-electron chi connectivity index (χ1n) is 8.63. The van der Waals surface area contributed by atoms with Crippen molar-refractivity contribution in [2.24, 2.45) is 0 Å². The Morgan fingerprint density at radius 3 is 2.74 bits per heavy atom. The summed E-state index contributed by atoms with van der Waals surface area (Å²) in [5.74, 6) is -1.20. The van der Waals surface area contributed by atoms with Gasteiger partial charge >= 0.3 is 0 Å². The van der Waals surface area contributed by atoms with Crippen LogP contribution in [-0.2, 0) is 4.79 Å². The summed E-state index contributed by atoms with van der Waals surface area (Å²) >= 11 is 0. The lowest BCUT2D eigenvalue weighted by Gasteiger charge is -2.23. The number of nitrogens with one attached hydrogen (secondary N) is 1. The molecular formula is C19H21F3N4O. The van der Waals surface area contributed by atoms with Crippen LogP contribution in [0.25, 0.3) is 11.1 Å². The maximum Gasteiger partial charge on any atom is 0.238 e. The van der Waals surface area contributed by atoms with Gasteiger partial charge in [-0.05, 0) is 44.8 Å². The average Bonchev–Trinajstić information content (AvgIpc) is 3.03. The molecule has 2 heterocycles. The molecule has 3 rings (SSSR count). The fourth-order valence-electron chi connectivity index (χ4n) is 3.12. The van der Waals surface area contributed by atoms with Crippen molar-refractivity contribution in [2.45, 2.75) is 12.6 Å². The number of rotatable bonds is 5. The minimum Gasteiger partial charge on any atom is -0.352 e. The van der Waals surface area contributed by atoms with E-state index >= 15 is 0 Å². The highest BCUT2D eigenvalue weighted by Crippen LogP contribution is 2.37. The molecule has 8 heteroatoms. The van der Waals surface area contributed by atoms with E-state index in [9.17, 15) is 18.0 Å². The summed E-state index contributed by atoms with van der Waals surface area (Å²) in [6, 6.07) is 4.64. The van der Waals surface area contributed by atoms with E-state index in [1.54, 1.807) is 23.9 Å². The number of carbonyl (C=O) groups excluding carboxylic acids is 1. The van der Waals surface area contributed by atoms with E-state index in [4.69, 9.17) is 0 Å². The van der Waals surface area contributed by atoms with Gasteiger partial charge in [-0.2, -0.15) is 0 Å². The first kappa shape index (κ1) is 19.2. The van der Waals surface area contributed by atoms with Gasteiger partial charge < -0.3 is 15.1 Å². The molecule has 5 nitrogen and oxygen atoms in total. The topological polar surface area (TPSA) is 48.5 Å². The van der Waals surface area contributed by atoms with Crippen LogP contribution in [0.2, 0.25) is 0 Å². The van der Waals surface area contributed by atoms with Gasteiger partial charge in [0.1, 0.15) is 17.8 Å². The monoisotopic (exact) mass is 378 g/mol. The molecule has 1 fully saturated rings. The fraction of sp³-hybridized carbons (Fsp3) is 0.368. The summed E-state index contributed by atoms with van der Waals surface area (Å²) in [7, 11) is 3.48. The Morgan fingerprint density at radius 2 is 2.07 bits per heavy atom. The average molecular weight is 378 g/mol. The second-order valence-corrected chi connectivity index (χ2v) is 6.80. The molecule has 1 atom stereocenters. The Hall–Kier alpha value is -2.61. The molecular weight excluding hydrogens is 357 g/mol. The van der Waals surface area contributed by atoms with Gasteiger partial charge in [-0.1, -0.05) is 0 Å². The molecule has 0 bridgehead atoms. The maximum atomic E-state index is 14.4. The number of halogens is 3. The minimum atomic E-state index is -0.994. The lowest BCUT2D eigenvalue weighted by atomic mass is 10.0. The van der Waals surface area contributed by atoms with Crippen LogP contribution in [0.3, 0.4) is 0 Å². The number of carbonyl (C=O) groups is 1. The number of benzene rings is 1. The van der Waals surface area contributed by atoms with E-state index in [0.29, 0.717) is 24.3 Å². The smallest absolute Gasteiger partial charge is 0.238 e. The zero-order valence-corrected chi connectivity index (χ0v) is 15.2. The molecule has 0 aliphatic carbocycles. The number of hydrogen-bond acceptors (Lipinski definition) is 4. The molecule has 1 aliphatic rings. The zero-order chi connectivity index (χ0) is 19.6. The SMILES string of the molecule is CN(C)CC(=O)Nc1c(-c2cc(F)ccc2F)ccnc1N1CC[C@H](F)C1. The number of aromatic nitrogens is 1. The van der Waals surface area contributed by atoms with Crippen molar-refractivity contribution in [3.63, 3.8) is 0 Å². The molecule has 1 N–H and O–H groups in total. The fourth-order valence-corrected chi connectivity index (χ4v) is 3.12.